The van der Waals surface area contributed by atoms with Crippen LogP contribution in [0.2, 0.25) is 0 Å². The average Bonchev–Trinajstić information content (AvgIpc) is 2.39. The Kier molecular flexibility index (Phi) is 4.83. The monoisotopic (exact) mass is 264 g/mol. The summed E-state index contributed by atoms with van der Waals surface area (Å²) in [5, 5.41) is 13.0. The van der Waals surface area contributed by atoms with Crippen molar-refractivity contribution in [1.29, 1.82) is 5.26 Å². The van der Waals surface area contributed by atoms with Crippen LogP contribution in [-0.2, 0) is 0 Å². The number of rotatable bonds is 3. The first-order valence-electron chi connectivity index (χ1n) is 7.71. The van der Waals surface area contributed by atoms with Gasteiger partial charge in [0.2, 0.25) is 0 Å². The van der Waals surface area contributed by atoms with Crippen LogP contribution in [0.1, 0.15) is 39.5 Å². The number of hydrogen-bond donors (Lipinski definition) is 1. The van der Waals surface area contributed by atoms with E-state index in [1.165, 1.54) is 12.8 Å². The van der Waals surface area contributed by atoms with Crippen LogP contribution in [0.4, 0.5) is 0 Å². The predicted octanol–water partition coefficient (Wildman–Crippen LogP) is 1.44. The highest BCUT2D eigenvalue weighted by atomic mass is 15.3. The van der Waals surface area contributed by atoms with E-state index >= 15 is 0 Å². The molecular weight excluding hydrogens is 236 g/mol. The first-order valence-corrected chi connectivity index (χ1v) is 7.71. The molecule has 1 saturated carbocycles. The molecule has 2 aliphatic rings. The van der Waals surface area contributed by atoms with Crippen LogP contribution in [0.25, 0.3) is 0 Å². The minimum absolute atomic E-state index is 0.277. The summed E-state index contributed by atoms with van der Waals surface area (Å²) in [5.41, 5.74) is -0.277. The Bertz CT molecular complexity index is 334. The lowest BCUT2D eigenvalue weighted by Crippen LogP contribution is -2.59. The molecule has 3 unspecified atom stereocenters. The maximum Gasteiger partial charge on any atom is 0.108 e. The molecule has 3 atom stereocenters. The number of nitrogens with one attached hydrogen (secondary N) is 1. The van der Waals surface area contributed by atoms with Gasteiger partial charge in [-0.2, -0.15) is 5.26 Å². The highest BCUT2D eigenvalue weighted by molar-refractivity contribution is 5.11. The van der Waals surface area contributed by atoms with E-state index < -0.39 is 0 Å². The van der Waals surface area contributed by atoms with Crippen molar-refractivity contribution in [2.75, 3.05) is 33.2 Å². The Balaban J connectivity index is 2.03. The lowest BCUT2D eigenvalue weighted by atomic mass is 9.78. The highest BCUT2D eigenvalue weighted by Gasteiger charge is 2.39. The molecule has 1 N–H and O–H groups in total. The van der Waals surface area contributed by atoms with E-state index in [0.29, 0.717) is 12.1 Å². The maximum absolute atomic E-state index is 9.56. The summed E-state index contributed by atoms with van der Waals surface area (Å²) < 4.78 is 0. The summed E-state index contributed by atoms with van der Waals surface area (Å²) in [5.74, 6) is 0. The van der Waals surface area contributed by atoms with Crippen LogP contribution in [-0.4, -0.2) is 60.6 Å². The summed E-state index contributed by atoms with van der Waals surface area (Å²) >= 11 is 0. The first kappa shape index (κ1) is 14.8. The third-order valence-corrected chi connectivity index (χ3v) is 4.81. The van der Waals surface area contributed by atoms with Crippen molar-refractivity contribution >= 4 is 0 Å². The summed E-state index contributed by atoms with van der Waals surface area (Å²) in [4.78, 5) is 5.05. The largest absolute Gasteiger partial charge is 0.304 e. The molecule has 108 valence electrons. The normalized spacial score (nSPS) is 38.0. The van der Waals surface area contributed by atoms with E-state index in [1.54, 1.807) is 0 Å². The molecule has 0 spiro atoms. The van der Waals surface area contributed by atoms with Crippen LogP contribution in [0.3, 0.4) is 0 Å². The van der Waals surface area contributed by atoms with Gasteiger partial charge >= 0.3 is 0 Å². The minimum Gasteiger partial charge on any atom is -0.304 e. The van der Waals surface area contributed by atoms with Gasteiger partial charge in [0.05, 0.1) is 6.07 Å². The molecule has 0 aromatic rings. The van der Waals surface area contributed by atoms with Crippen LogP contribution in [0.5, 0.6) is 0 Å². The molecule has 0 bridgehead atoms. The third kappa shape index (κ3) is 3.28. The lowest BCUT2D eigenvalue weighted by Gasteiger charge is -2.47. The van der Waals surface area contributed by atoms with Crippen molar-refractivity contribution in [2.24, 2.45) is 0 Å². The van der Waals surface area contributed by atoms with Gasteiger partial charge < -0.3 is 4.90 Å². The average molecular weight is 264 g/mol. The van der Waals surface area contributed by atoms with E-state index in [4.69, 9.17) is 0 Å². The molecule has 2 rings (SSSR count). The van der Waals surface area contributed by atoms with Gasteiger partial charge in [-0.05, 0) is 46.2 Å². The second kappa shape index (κ2) is 6.21. The van der Waals surface area contributed by atoms with Crippen molar-refractivity contribution in [2.45, 2.75) is 57.2 Å². The molecule has 1 saturated heterocycles. The van der Waals surface area contributed by atoms with Gasteiger partial charge in [0.1, 0.15) is 5.54 Å². The van der Waals surface area contributed by atoms with E-state index in [0.717, 1.165) is 39.0 Å². The molecule has 4 heteroatoms. The summed E-state index contributed by atoms with van der Waals surface area (Å²) in [7, 11) is 2.20. The molecule has 0 radical (unpaired) electrons. The fourth-order valence-electron chi connectivity index (χ4n) is 3.87. The molecule has 4 nitrogen and oxygen atoms in total. The Hall–Kier alpha value is -0.630. The van der Waals surface area contributed by atoms with Gasteiger partial charge in [-0.15, -0.1) is 0 Å². The zero-order valence-electron chi connectivity index (χ0n) is 12.7. The van der Waals surface area contributed by atoms with Crippen LogP contribution in [0.15, 0.2) is 0 Å². The number of nitriles is 1. The van der Waals surface area contributed by atoms with Gasteiger partial charge in [-0.3, -0.25) is 10.2 Å². The zero-order valence-corrected chi connectivity index (χ0v) is 12.7. The third-order valence-electron chi connectivity index (χ3n) is 4.81. The Morgan fingerprint density at radius 1 is 1.42 bits per heavy atom. The lowest BCUT2D eigenvalue weighted by molar-refractivity contribution is 0.0324. The van der Waals surface area contributed by atoms with Crippen molar-refractivity contribution in [3.8, 4) is 6.07 Å². The van der Waals surface area contributed by atoms with Gasteiger partial charge in [-0.1, -0.05) is 6.92 Å². The molecular formula is C15H28N4. The van der Waals surface area contributed by atoms with E-state index in [9.17, 15) is 5.26 Å². The molecule has 1 aliphatic carbocycles. The molecule has 2 fully saturated rings. The fraction of sp³-hybridized carbons (Fsp3) is 0.933. The van der Waals surface area contributed by atoms with E-state index in [-0.39, 0.29) is 5.54 Å². The van der Waals surface area contributed by atoms with Gasteiger partial charge in [-0.25, -0.2) is 0 Å². The van der Waals surface area contributed by atoms with Crippen LogP contribution >= 0.6 is 0 Å². The summed E-state index contributed by atoms with van der Waals surface area (Å²) in [6.45, 7) is 8.76. The van der Waals surface area contributed by atoms with E-state index in [1.807, 2.05) is 0 Å². The van der Waals surface area contributed by atoms with Crippen LogP contribution in [0, 0.1) is 11.3 Å². The molecule has 1 aliphatic heterocycles. The summed E-state index contributed by atoms with van der Waals surface area (Å²) in [6, 6.07) is 3.75. The second-order valence-corrected chi connectivity index (χ2v) is 6.32. The quantitative estimate of drug-likeness (QED) is 0.837. The van der Waals surface area contributed by atoms with Gasteiger partial charge in [0, 0.05) is 31.7 Å². The van der Waals surface area contributed by atoms with Crippen molar-refractivity contribution in [3.63, 3.8) is 0 Å². The molecule has 19 heavy (non-hydrogen) atoms. The summed E-state index contributed by atoms with van der Waals surface area (Å²) in [6.07, 6.45) is 4.43. The van der Waals surface area contributed by atoms with Crippen molar-refractivity contribution in [1.82, 2.24) is 15.1 Å². The second-order valence-electron chi connectivity index (χ2n) is 6.32. The number of piperazine rings is 1. The highest BCUT2D eigenvalue weighted by Crippen LogP contribution is 2.32. The van der Waals surface area contributed by atoms with Crippen molar-refractivity contribution < 1.29 is 0 Å². The molecule has 1 heterocycles. The zero-order chi connectivity index (χ0) is 13.9. The predicted molar refractivity (Wildman–Crippen MR) is 77.9 cm³/mol. The van der Waals surface area contributed by atoms with Crippen molar-refractivity contribution in [3.05, 3.63) is 0 Å². The minimum atomic E-state index is -0.277. The topological polar surface area (TPSA) is 42.3 Å². The smallest absolute Gasteiger partial charge is 0.108 e. The molecule has 0 amide bonds. The van der Waals surface area contributed by atoms with Gasteiger partial charge in [0.25, 0.3) is 0 Å². The Labute approximate surface area is 117 Å². The number of likely N-dealkylation sites (N-methyl/N-ethyl adjacent to an activating group) is 1. The SMILES string of the molecule is CCNC1(C#N)CCCC(N2CCN(C)CC2C)C1. The van der Waals surface area contributed by atoms with Crippen LogP contribution < -0.4 is 5.32 Å². The number of nitrogens with zero attached hydrogens (tertiary/aromatic N) is 3. The number of hydrogen-bond acceptors (Lipinski definition) is 4. The maximum atomic E-state index is 9.56. The standard InChI is InChI=1S/C15H28N4/c1-4-17-15(12-16)7-5-6-14(10-15)19-9-8-18(3)11-13(19)2/h13-14,17H,4-11H2,1-3H3. The Morgan fingerprint density at radius 3 is 2.84 bits per heavy atom. The Morgan fingerprint density at radius 2 is 2.21 bits per heavy atom. The molecule has 0 aromatic heterocycles. The van der Waals surface area contributed by atoms with E-state index in [2.05, 4.69) is 42.1 Å². The fourth-order valence-corrected chi connectivity index (χ4v) is 3.87. The first-order chi connectivity index (χ1) is 9.10. The van der Waals surface area contributed by atoms with Gasteiger partial charge in [0.15, 0.2) is 0 Å². The molecule has 0 aromatic carbocycles.